The number of hydrogen-bond donors (Lipinski definition) is 1. The van der Waals surface area contributed by atoms with Crippen molar-refractivity contribution in [2.45, 2.75) is 0 Å². The fourth-order valence-electron chi connectivity index (χ4n) is 2.30. The Bertz CT molecular complexity index is 919. The van der Waals surface area contributed by atoms with E-state index in [1.54, 1.807) is 6.07 Å². The van der Waals surface area contributed by atoms with Crippen LogP contribution >= 0.6 is 11.6 Å². The zero-order valence-electron chi connectivity index (χ0n) is 14.2. The Hall–Kier alpha value is -3.20. The number of carbonyl (C=O) groups is 1. The molecule has 0 bridgehead atoms. The zero-order chi connectivity index (χ0) is 19.2. The lowest BCUT2D eigenvalue weighted by Crippen LogP contribution is -2.28. The molecule has 1 aromatic heterocycles. The summed E-state index contributed by atoms with van der Waals surface area (Å²) in [5, 5.41) is 13.9. The molecule has 0 aliphatic heterocycles. The molecule has 0 fully saturated rings. The average molecular weight is 392 g/mol. The minimum Gasteiger partial charge on any atom is -0.496 e. The number of rotatable bonds is 7. The van der Waals surface area contributed by atoms with Crippen LogP contribution in [0.3, 0.4) is 0 Å². The molecule has 27 heavy (non-hydrogen) atoms. The first kappa shape index (κ1) is 18.6. The largest absolute Gasteiger partial charge is 0.496 e. The monoisotopic (exact) mass is 391 g/mol. The van der Waals surface area contributed by atoms with Crippen molar-refractivity contribution in [2.24, 2.45) is 0 Å². The van der Waals surface area contributed by atoms with Crippen molar-refractivity contribution < 1.29 is 18.7 Å². The second-order valence-electron chi connectivity index (χ2n) is 5.32. The lowest BCUT2D eigenvalue weighted by molar-refractivity contribution is 0.0944. The van der Waals surface area contributed by atoms with Crippen LogP contribution in [0, 0.1) is 5.82 Å². The highest BCUT2D eigenvalue weighted by Crippen LogP contribution is 2.29. The van der Waals surface area contributed by atoms with Gasteiger partial charge in [-0.1, -0.05) is 11.6 Å². The van der Waals surface area contributed by atoms with Crippen molar-refractivity contribution in [3.8, 4) is 17.2 Å². The number of halogens is 2. The molecule has 10 heteroatoms. The minimum atomic E-state index is -0.375. The molecule has 0 unspecified atom stereocenters. The number of tetrazole rings is 1. The summed E-state index contributed by atoms with van der Waals surface area (Å²) in [6, 6.07) is 8.67. The molecule has 1 N–H and O–H groups in total. The Morgan fingerprint density at radius 1 is 1.30 bits per heavy atom. The van der Waals surface area contributed by atoms with Crippen molar-refractivity contribution in [2.75, 3.05) is 20.3 Å². The second kappa shape index (κ2) is 8.45. The number of methoxy groups -OCH3 is 1. The first-order valence-corrected chi connectivity index (χ1v) is 8.23. The van der Waals surface area contributed by atoms with E-state index in [9.17, 15) is 9.18 Å². The Balaban J connectivity index is 1.63. The molecule has 1 amide bonds. The van der Waals surface area contributed by atoms with Gasteiger partial charge < -0.3 is 14.8 Å². The van der Waals surface area contributed by atoms with E-state index in [1.165, 1.54) is 48.5 Å². The summed E-state index contributed by atoms with van der Waals surface area (Å²) >= 11 is 6.24. The van der Waals surface area contributed by atoms with E-state index in [0.29, 0.717) is 17.2 Å². The SMILES string of the molecule is COc1cc(-n2cnnn2)c(Cl)cc1C(=O)NCCOc1ccc(F)cc1. The summed E-state index contributed by atoms with van der Waals surface area (Å²) in [6.07, 6.45) is 1.38. The maximum absolute atomic E-state index is 12.8. The van der Waals surface area contributed by atoms with E-state index in [1.807, 2.05) is 0 Å². The van der Waals surface area contributed by atoms with E-state index >= 15 is 0 Å². The highest BCUT2D eigenvalue weighted by atomic mass is 35.5. The number of nitrogens with one attached hydrogen (secondary N) is 1. The Morgan fingerprint density at radius 3 is 2.74 bits per heavy atom. The van der Waals surface area contributed by atoms with E-state index in [-0.39, 0.29) is 35.5 Å². The number of aromatic nitrogens is 4. The smallest absolute Gasteiger partial charge is 0.255 e. The van der Waals surface area contributed by atoms with Gasteiger partial charge in [0, 0.05) is 6.07 Å². The molecule has 2 aromatic carbocycles. The topological polar surface area (TPSA) is 91.2 Å². The zero-order valence-corrected chi connectivity index (χ0v) is 15.0. The number of nitrogens with zero attached hydrogens (tertiary/aromatic N) is 4. The molecule has 0 atom stereocenters. The maximum atomic E-state index is 12.8. The van der Waals surface area contributed by atoms with Crippen LogP contribution in [-0.4, -0.2) is 46.4 Å². The Labute approximate surface area is 158 Å². The molecular formula is C17H15ClFN5O3. The van der Waals surface area contributed by atoms with E-state index in [4.69, 9.17) is 21.1 Å². The minimum absolute atomic E-state index is 0.218. The third-order valence-electron chi connectivity index (χ3n) is 3.58. The molecule has 140 valence electrons. The molecule has 1 heterocycles. The summed E-state index contributed by atoms with van der Waals surface area (Å²) in [5.41, 5.74) is 0.746. The van der Waals surface area contributed by atoms with Crippen LogP contribution in [0.2, 0.25) is 5.02 Å². The number of ether oxygens (including phenoxy) is 2. The Morgan fingerprint density at radius 2 is 2.07 bits per heavy atom. The summed E-state index contributed by atoms with van der Waals surface area (Å²) in [6.45, 7) is 0.460. The number of hydrogen-bond acceptors (Lipinski definition) is 6. The van der Waals surface area contributed by atoms with Gasteiger partial charge in [-0.05, 0) is 40.8 Å². The highest BCUT2D eigenvalue weighted by Gasteiger charge is 2.17. The van der Waals surface area contributed by atoms with Gasteiger partial charge in [-0.15, -0.1) is 5.10 Å². The fraction of sp³-hybridized carbons (Fsp3) is 0.176. The van der Waals surface area contributed by atoms with Gasteiger partial charge >= 0.3 is 0 Å². The molecule has 0 saturated heterocycles. The average Bonchev–Trinajstić information content (AvgIpc) is 3.20. The third kappa shape index (κ3) is 4.50. The molecule has 0 aliphatic carbocycles. The summed E-state index contributed by atoms with van der Waals surface area (Å²) in [4.78, 5) is 12.4. The molecule has 0 saturated carbocycles. The summed E-state index contributed by atoms with van der Waals surface area (Å²) < 4.78 is 24.9. The summed E-state index contributed by atoms with van der Waals surface area (Å²) in [7, 11) is 1.45. The van der Waals surface area contributed by atoms with Gasteiger partial charge in [0.15, 0.2) is 0 Å². The van der Waals surface area contributed by atoms with Crippen molar-refractivity contribution in [1.29, 1.82) is 0 Å². The van der Waals surface area contributed by atoms with Gasteiger partial charge in [-0.3, -0.25) is 4.79 Å². The molecule has 0 spiro atoms. The first-order valence-electron chi connectivity index (χ1n) is 7.86. The van der Waals surface area contributed by atoms with Crippen LogP contribution in [0.25, 0.3) is 5.69 Å². The standard InChI is InChI=1S/C17H15ClFN5O3/c1-26-16-9-15(24-10-21-22-23-24)14(18)8-13(16)17(25)20-6-7-27-12-4-2-11(19)3-5-12/h2-5,8-10H,6-7H2,1H3,(H,20,25). The second-order valence-corrected chi connectivity index (χ2v) is 5.72. The summed E-state index contributed by atoms with van der Waals surface area (Å²) in [5.74, 6) is 0.114. The van der Waals surface area contributed by atoms with E-state index < -0.39 is 0 Å². The third-order valence-corrected chi connectivity index (χ3v) is 3.88. The molecule has 8 nitrogen and oxygen atoms in total. The molecular weight excluding hydrogens is 377 g/mol. The van der Waals surface area contributed by atoms with Crippen molar-refractivity contribution in [3.63, 3.8) is 0 Å². The van der Waals surface area contributed by atoms with Gasteiger partial charge in [0.2, 0.25) is 0 Å². The van der Waals surface area contributed by atoms with Crippen molar-refractivity contribution in [1.82, 2.24) is 25.5 Å². The van der Waals surface area contributed by atoms with Crippen LogP contribution in [0.4, 0.5) is 4.39 Å². The fourth-order valence-corrected chi connectivity index (χ4v) is 2.55. The Kier molecular flexibility index (Phi) is 5.82. The number of carbonyl (C=O) groups excluding carboxylic acids is 1. The van der Waals surface area contributed by atoms with Crippen LogP contribution in [-0.2, 0) is 0 Å². The molecule has 3 rings (SSSR count). The van der Waals surface area contributed by atoms with Crippen LogP contribution < -0.4 is 14.8 Å². The predicted octanol–water partition coefficient (Wildman–Crippen LogP) is 2.27. The lowest BCUT2D eigenvalue weighted by atomic mass is 10.1. The van der Waals surface area contributed by atoms with Crippen molar-refractivity contribution in [3.05, 3.63) is 59.1 Å². The molecule has 0 aliphatic rings. The van der Waals surface area contributed by atoms with E-state index in [0.717, 1.165) is 0 Å². The number of benzene rings is 2. The maximum Gasteiger partial charge on any atom is 0.255 e. The van der Waals surface area contributed by atoms with E-state index in [2.05, 4.69) is 20.8 Å². The van der Waals surface area contributed by atoms with Gasteiger partial charge in [-0.25, -0.2) is 4.39 Å². The number of amides is 1. The normalized spacial score (nSPS) is 10.5. The predicted molar refractivity (Wildman–Crippen MR) is 94.9 cm³/mol. The highest BCUT2D eigenvalue weighted by molar-refractivity contribution is 6.33. The van der Waals surface area contributed by atoms with Crippen LogP contribution in [0.15, 0.2) is 42.7 Å². The quantitative estimate of drug-likeness (QED) is 0.621. The molecule has 0 radical (unpaired) electrons. The van der Waals surface area contributed by atoms with Crippen LogP contribution in [0.1, 0.15) is 10.4 Å². The van der Waals surface area contributed by atoms with Crippen molar-refractivity contribution >= 4 is 17.5 Å². The van der Waals surface area contributed by atoms with Gasteiger partial charge in [0.25, 0.3) is 5.91 Å². The van der Waals surface area contributed by atoms with Gasteiger partial charge in [-0.2, -0.15) is 4.68 Å². The van der Waals surface area contributed by atoms with Gasteiger partial charge in [0.05, 0.1) is 29.9 Å². The first-order chi connectivity index (χ1) is 13.1. The van der Waals surface area contributed by atoms with Crippen LogP contribution in [0.5, 0.6) is 11.5 Å². The molecule has 3 aromatic rings. The lowest BCUT2D eigenvalue weighted by Gasteiger charge is -2.13. The van der Waals surface area contributed by atoms with Gasteiger partial charge in [0.1, 0.15) is 30.3 Å².